The van der Waals surface area contributed by atoms with E-state index in [1.54, 1.807) is 19.1 Å². The Morgan fingerprint density at radius 2 is 1.85 bits per heavy atom. The van der Waals surface area contributed by atoms with Gasteiger partial charge in [0, 0.05) is 7.05 Å². The summed E-state index contributed by atoms with van der Waals surface area (Å²) in [6.45, 7) is 1.55. The Morgan fingerprint density at radius 1 is 1.22 bits per heavy atom. The van der Waals surface area contributed by atoms with Gasteiger partial charge in [0.1, 0.15) is 5.75 Å². The van der Waals surface area contributed by atoms with Gasteiger partial charge in [-0.05, 0) is 52.7 Å². The Morgan fingerprint density at radius 3 is 2.37 bits per heavy atom. The SMILES string of the molecule is CC(NC(=O)CN(C)C(=O)c1ccc(Br)s1)c1ccc(OC(F)(F)F)cc1. The highest BCUT2D eigenvalue weighted by molar-refractivity contribution is 9.11. The summed E-state index contributed by atoms with van der Waals surface area (Å²) in [5.41, 5.74) is 0.606. The fourth-order valence-corrected chi connectivity index (χ4v) is 3.61. The molecule has 1 atom stereocenters. The van der Waals surface area contributed by atoms with Gasteiger partial charge in [-0.2, -0.15) is 0 Å². The number of amides is 2. The van der Waals surface area contributed by atoms with E-state index in [9.17, 15) is 22.8 Å². The minimum absolute atomic E-state index is 0.145. The van der Waals surface area contributed by atoms with Crippen LogP contribution in [0.5, 0.6) is 5.75 Å². The first-order valence-electron chi connectivity index (χ1n) is 7.71. The molecule has 27 heavy (non-hydrogen) atoms. The Balaban J connectivity index is 1.90. The normalized spacial score (nSPS) is 12.4. The fraction of sp³-hybridized carbons (Fsp3) is 0.294. The van der Waals surface area contributed by atoms with Gasteiger partial charge in [0.05, 0.1) is 21.3 Å². The van der Waals surface area contributed by atoms with Crippen LogP contribution in [0.25, 0.3) is 0 Å². The van der Waals surface area contributed by atoms with Gasteiger partial charge < -0.3 is 15.0 Å². The Kier molecular flexibility index (Phi) is 6.88. The maximum absolute atomic E-state index is 12.2. The smallest absolute Gasteiger partial charge is 0.406 e. The highest BCUT2D eigenvalue weighted by Gasteiger charge is 2.31. The van der Waals surface area contributed by atoms with Gasteiger partial charge >= 0.3 is 6.36 Å². The third kappa shape index (κ3) is 6.55. The molecule has 10 heteroatoms. The molecule has 1 heterocycles. The number of alkyl halides is 3. The summed E-state index contributed by atoms with van der Waals surface area (Å²) in [5, 5.41) is 2.70. The van der Waals surface area contributed by atoms with E-state index in [1.807, 2.05) is 0 Å². The Hall–Kier alpha value is -2.07. The van der Waals surface area contributed by atoms with Crippen molar-refractivity contribution in [2.45, 2.75) is 19.3 Å². The van der Waals surface area contributed by atoms with Gasteiger partial charge in [0.2, 0.25) is 5.91 Å². The van der Waals surface area contributed by atoms with Crippen LogP contribution in [0.1, 0.15) is 28.2 Å². The number of benzene rings is 1. The van der Waals surface area contributed by atoms with Gasteiger partial charge in [-0.1, -0.05) is 12.1 Å². The van der Waals surface area contributed by atoms with E-state index in [2.05, 4.69) is 26.0 Å². The average molecular weight is 465 g/mol. The molecule has 2 amide bonds. The molecule has 0 bridgehead atoms. The number of halogens is 4. The molecule has 0 aliphatic carbocycles. The number of hydrogen-bond acceptors (Lipinski definition) is 4. The standard InChI is InChI=1S/C17H16BrF3N2O3S/c1-10(11-3-5-12(6-4-11)26-17(19,20)21)22-15(24)9-23(2)16(25)13-7-8-14(18)27-13/h3-8,10H,9H2,1-2H3,(H,22,24). The predicted molar refractivity (Wildman–Crippen MR) is 98.7 cm³/mol. The lowest BCUT2D eigenvalue weighted by atomic mass is 10.1. The van der Waals surface area contributed by atoms with Crippen molar-refractivity contribution in [3.05, 3.63) is 50.6 Å². The van der Waals surface area contributed by atoms with Crippen LogP contribution in [0.15, 0.2) is 40.2 Å². The molecule has 0 radical (unpaired) electrons. The van der Waals surface area contributed by atoms with Crippen LogP contribution >= 0.6 is 27.3 Å². The van der Waals surface area contributed by atoms with E-state index in [-0.39, 0.29) is 24.1 Å². The number of thiophene rings is 1. The predicted octanol–water partition coefficient (Wildman–Crippen LogP) is 4.36. The van der Waals surface area contributed by atoms with Crippen LogP contribution in [0.2, 0.25) is 0 Å². The molecular weight excluding hydrogens is 449 g/mol. The van der Waals surface area contributed by atoms with Gasteiger partial charge in [0.25, 0.3) is 5.91 Å². The first kappa shape index (κ1) is 21.2. The average Bonchev–Trinajstić information content (AvgIpc) is 2.99. The van der Waals surface area contributed by atoms with Crippen LogP contribution in [-0.4, -0.2) is 36.7 Å². The number of carbonyl (C=O) groups excluding carboxylic acids is 2. The molecule has 0 fully saturated rings. The summed E-state index contributed by atoms with van der Waals surface area (Å²) in [4.78, 5) is 26.2. The van der Waals surface area contributed by atoms with Crippen LogP contribution in [0, 0.1) is 0 Å². The summed E-state index contributed by atoms with van der Waals surface area (Å²) >= 11 is 4.55. The molecule has 2 aromatic rings. The maximum Gasteiger partial charge on any atom is 0.573 e. The molecule has 5 nitrogen and oxygen atoms in total. The zero-order valence-electron chi connectivity index (χ0n) is 14.3. The number of nitrogens with one attached hydrogen (secondary N) is 1. The number of carbonyl (C=O) groups is 2. The second-order valence-corrected chi connectivity index (χ2v) is 8.13. The lowest BCUT2D eigenvalue weighted by Crippen LogP contribution is -2.39. The van der Waals surface area contributed by atoms with Crippen LogP contribution in [0.4, 0.5) is 13.2 Å². The van der Waals surface area contributed by atoms with E-state index in [0.717, 1.165) is 3.79 Å². The molecule has 0 saturated carbocycles. The monoisotopic (exact) mass is 464 g/mol. The lowest BCUT2D eigenvalue weighted by Gasteiger charge is -2.19. The number of hydrogen-bond donors (Lipinski definition) is 1. The zero-order valence-corrected chi connectivity index (χ0v) is 16.7. The number of nitrogens with zero attached hydrogens (tertiary/aromatic N) is 1. The first-order chi connectivity index (χ1) is 12.5. The van der Waals surface area contributed by atoms with Crippen molar-refractivity contribution in [1.82, 2.24) is 10.2 Å². The Labute approximate surface area is 166 Å². The van der Waals surface area contributed by atoms with E-state index < -0.39 is 12.4 Å². The highest BCUT2D eigenvalue weighted by atomic mass is 79.9. The second-order valence-electron chi connectivity index (χ2n) is 5.67. The molecule has 0 aliphatic rings. The maximum atomic E-state index is 12.2. The van der Waals surface area contributed by atoms with Gasteiger partial charge in [0.15, 0.2) is 0 Å². The van der Waals surface area contributed by atoms with E-state index in [0.29, 0.717) is 10.4 Å². The van der Waals surface area contributed by atoms with Crippen molar-refractivity contribution >= 4 is 39.1 Å². The van der Waals surface area contributed by atoms with Crippen LogP contribution in [-0.2, 0) is 4.79 Å². The molecule has 0 aliphatic heterocycles. The summed E-state index contributed by atoms with van der Waals surface area (Å²) in [7, 11) is 1.52. The van der Waals surface area contributed by atoms with Crippen LogP contribution in [0.3, 0.4) is 0 Å². The fourth-order valence-electron chi connectivity index (χ4n) is 2.23. The largest absolute Gasteiger partial charge is 0.573 e. The van der Waals surface area contributed by atoms with Crippen molar-refractivity contribution in [3.8, 4) is 5.75 Å². The van der Waals surface area contributed by atoms with E-state index in [1.165, 1.54) is 47.5 Å². The molecular formula is C17H16BrF3N2O3S. The molecule has 1 unspecified atom stereocenters. The molecule has 0 saturated heterocycles. The second kappa shape index (κ2) is 8.75. The Bertz CT molecular complexity index is 809. The first-order valence-corrected chi connectivity index (χ1v) is 9.32. The van der Waals surface area contributed by atoms with Crippen LogP contribution < -0.4 is 10.1 Å². The zero-order chi connectivity index (χ0) is 20.2. The van der Waals surface area contributed by atoms with Gasteiger partial charge in [-0.3, -0.25) is 9.59 Å². The van der Waals surface area contributed by atoms with E-state index in [4.69, 9.17) is 0 Å². The third-order valence-corrected chi connectivity index (χ3v) is 5.11. The number of rotatable bonds is 6. The third-order valence-electron chi connectivity index (χ3n) is 3.50. The summed E-state index contributed by atoms with van der Waals surface area (Å²) < 4.78 is 41.1. The summed E-state index contributed by atoms with van der Waals surface area (Å²) in [6.07, 6.45) is -4.75. The topological polar surface area (TPSA) is 58.6 Å². The molecule has 1 aromatic heterocycles. The number of likely N-dealkylation sites (N-methyl/N-ethyl adjacent to an activating group) is 1. The van der Waals surface area contributed by atoms with Gasteiger partial charge in [-0.25, -0.2) is 0 Å². The van der Waals surface area contributed by atoms with E-state index >= 15 is 0 Å². The van der Waals surface area contributed by atoms with Crippen molar-refractivity contribution < 1.29 is 27.5 Å². The molecule has 2 rings (SSSR count). The molecule has 1 N–H and O–H groups in total. The quantitative estimate of drug-likeness (QED) is 0.690. The lowest BCUT2D eigenvalue weighted by molar-refractivity contribution is -0.274. The minimum Gasteiger partial charge on any atom is -0.406 e. The molecule has 146 valence electrons. The minimum atomic E-state index is -4.75. The van der Waals surface area contributed by atoms with Crippen molar-refractivity contribution in [1.29, 1.82) is 0 Å². The summed E-state index contributed by atoms with van der Waals surface area (Å²) in [6, 6.07) is 8.19. The van der Waals surface area contributed by atoms with Crippen molar-refractivity contribution in [3.63, 3.8) is 0 Å². The van der Waals surface area contributed by atoms with Crippen molar-refractivity contribution in [2.75, 3.05) is 13.6 Å². The molecule has 1 aromatic carbocycles. The summed E-state index contributed by atoms with van der Waals surface area (Å²) in [5.74, 6) is -0.996. The highest BCUT2D eigenvalue weighted by Crippen LogP contribution is 2.25. The van der Waals surface area contributed by atoms with Gasteiger partial charge in [-0.15, -0.1) is 24.5 Å². The number of ether oxygens (including phenoxy) is 1. The van der Waals surface area contributed by atoms with Crippen molar-refractivity contribution in [2.24, 2.45) is 0 Å². The molecule has 0 spiro atoms.